The van der Waals surface area contributed by atoms with Crippen molar-refractivity contribution < 1.29 is 9.72 Å². The molecule has 1 amide bonds. The average Bonchev–Trinajstić information content (AvgIpc) is 3.23. The lowest BCUT2D eigenvalue weighted by atomic mass is 10.3. The van der Waals surface area contributed by atoms with Crippen molar-refractivity contribution in [2.45, 2.75) is 0 Å². The summed E-state index contributed by atoms with van der Waals surface area (Å²) >= 11 is 2.91. The maximum Gasteiger partial charge on any atom is 0.294 e. The van der Waals surface area contributed by atoms with Gasteiger partial charge in [-0.3, -0.25) is 25.8 Å². The van der Waals surface area contributed by atoms with Gasteiger partial charge in [0, 0.05) is 11.4 Å². The fourth-order valence-corrected chi connectivity index (χ4v) is 3.43. The molecule has 2 N–H and O–H groups in total. The predicted molar refractivity (Wildman–Crippen MR) is 89.6 cm³/mol. The number of thiazole rings is 1. The summed E-state index contributed by atoms with van der Waals surface area (Å²) in [5.74, 6) is -0.456. The quantitative estimate of drug-likeness (QED) is 0.544. The molecule has 23 heavy (non-hydrogen) atoms. The van der Waals surface area contributed by atoms with Crippen molar-refractivity contribution in [3.63, 3.8) is 0 Å². The topological polar surface area (TPSA) is 97.2 Å². The Bertz CT molecular complexity index is 845. The van der Waals surface area contributed by atoms with Crippen molar-refractivity contribution in [1.29, 1.82) is 0 Å². The van der Waals surface area contributed by atoms with Gasteiger partial charge in [0.25, 0.3) is 11.6 Å². The minimum absolute atomic E-state index is 0.120. The molecule has 2 heterocycles. The molecule has 0 saturated carbocycles. The lowest BCUT2D eigenvalue weighted by molar-refractivity contribution is -0.384. The Morgan fingerprint density at radius 1 is 1.17 bits per heavy atom. The largest absolute Gasteiger partial charge is 0.294 e. The number of benzene rings is 1. The van der Waals surface area contributed by atoms with Gasteiger partial charge in [-0.25, -0.2) is 4.98 Å². The summed E-state index contributed by atoms with van der Waals surface area (Å²) in [4.78, 5) is 27.7. The van der Waals surface area contributed by atoms with Crippen molar-refractivity contribution in [3.05, 3.63) is 63.0 Å². The Morgan fingerprint density at radius 3 is 2.74 bits per heavy atom. The van der Waals surface area contributed by atoms with Gasteiger partial charge in [0.2, 0.25) is 0 Å². The summed E-state index contributed by atoms with van der Waals surface area (Å²) < 4.78 is 0. The zero-order valence-electron chi connectivity index (χ0n) is 11.6. The molecule has 2 aromatic heterocycles. The minimum atomic E-state index is -0.522. The highest BCUT2D eigenvalue weighted by Crippen LogP contribution is 2.28. The molecule has 0 saturated heterocycles. The van der Waals surface area contributed by atoms with E-state index in [2.05, 4.69) is 15.8 Å². The molecule has 9 heteroatoms. The molecular weight excluding hydrogens is 336 g/mol. The van der Waals surface area contributed by atoms with Crippen LogP contribution in [0.3, 0.4) is 0 Å². The van der Waals surface area contributed by atoms with E-state index >= 15 is 0 Å². The first-order valence-electron chi connectivity index (χ1n) is 6.44. The Balaban J connectivity index is 1.70. The van der Waals surface area contributed by atoms with Gasteiger partial charge in [0.15, 0.2) is 0 Å². The average molecular weight is 346 g/mol. The number of carbonyl (C=O) groups excluding carboxylic acids is 1. The van der Waals surface area contributed by atoms with E-state index in [-0.39, 0.29) is 17.1 Å². The number of nitrogens with one attached hydrogen (secondary N) is 2. The number of para-hydroxylation sites is 2. The molecule has 0 atom stereocenters. The second kappa shape index (κ2) is 6.55. The third-order valence-corrected chi connectivity index (χ3v) is 4.76. The summed E-state index contributed by atoms with van der Waals surface area (Å²) in [6.45, 7) is 0. The number of nitro groups is 1. The lowest BCUT2D eigenvalue weighted by Gasteiger charge is -2.07. The summed E-state index contributed by atoms with van der Waals surface area (Å²) in [6, 6.07) is 9.90. The highest BCUT2D eigenvalue weighted by Gasteiger charge is 2.15. The summed E-state index contributed by atoms with van der Waals surface area (Å²) in [5, 5.41) is 15.3. The van der Waals surface area contributed by atoms with Gasteiger partial charge in [-0.05, 0) is 17.5 Å². The SMILES string of the molecule is O=C(NNc1ccccc1[N+](=O)[O-])c1csc(-c2cccs2)n1. The van der Waals surface area contributed by atoms with Crippen LogP contribution in [0.2, 0.25) is 0 Å². The number of rotatable bonds is 5. The molecule has 7 nitrogen and oxygen atoms in total. The molecule has 0 radical (unpaired) electrons. The van der Waals surface area contributed by atoms with Gasteiger partial charge in [-0.2, -0.15) is 0 Å². The first-order chi connectivity index (χ1) is 11.1. The van der Waals surface area contributed by atoms with Crippen molar-refractivity contribution >= 4 is 40.0 Å². The predicted octanol–water partition coefficient (Wildman–Crippen LogP) is 3.54. The molecule has 0 aliphatic heterocycles. The lowest BCUT2D eigenvalue weighted by Crippen LogP contribution is -2.29. The second-order valence-electron chi connectivity index (χ2n) is 4.37. The Kier molecular flexibility index (Phi) is 4.31. The third-order valence-electron chi connectivity index (χ3n) is 2.88. The Labute approximate surface area is 138 Å². The van der Waals surface area contributed by atoms with Gasteiger partial charge >= 0.3 is 0 Å². The second-order valence-corrected chi connectivity index (χ2v) is 6.17. The number of thiophene rings is 1. The molecule has 0 fully saturated rings. The monoisotopic (exact) mass is 346 g/mol. The highest BCUT2D eigenvalue weighted by atomic mass is 32.1. The number of nitro benzene ring substituents is 1. The van der Waals surface area contributed by atoms with E-state index in [1.54, 1.807) is 28.8 Å². The van der Waals surface area contributed by atoms with Crippen LogP contribution in [-0.2, 0) is 0 Å². The zero-order chi connectivity index (χ0) is 16.2. The number of anilines is 1. The fraction of sp³-hybridized carbons (Fsp3) is 0. The molecule has 0 spiro atoms. The van der Waals surface area contributed by atoms with E-state index in [0.717, 1.165) is 9.88 Å². The highest BCUT2D eigenvalue weighted by molar-refractivity contribution is 7.20. The van der Waals surface area contributed by atoms with E-state index in [1.807, 2.05) is 17.5 Å². The molecule has 0 aliphatic rings. The maximum absolute atomic E-state index is 12.1. The molecule has 116 valence electrons. The van der Waals surface area contributed by atoms with E-state index in [1.165, 1.54) is 23.5 Å². The Morgan fingerprint density at radius 2 is 2.00 bits per heavy atom. The normalized spacial score (nSPS) is 10.3. The molecule has 0 unspecified atom stereocenters. The van der Waals surface area contributed by atoms with Crippen LogP contribution in [-0.4, -0.2) is 15.8 Å². The van der Waals surface area contributed by atoms with Crippen LogP contribution >= 0.6 is 22.7 Å². The summed E-state index contributed by atoms with van der Waals surface area (Å²) in [7, 11) is 0. The van der Waals surface area contributed by atoms with Gasteiger partial charge in [0.1, 0.15) is 16.4 Å². The molecule has 1 aromatic carbocycles. The molecule has 3 rings (SSSR count). The third kappa shape index (κ3) is 3.35. The van der Waals surface area contributed by atoms with Gasteiger partial charge < -0.3 is 0 Å². The van der Waals surface area contributed by atoms with E-state index in [9.17, 15) is 14.9 Å². The van der Waals surface area contributed by atoms with Crippen LogP contribution in [0.15, 0.2) is 47.2 Å². The number of hydrogen-bond acceptors (Lipinski definition) is 7. The number of nitrogens with zero attached hydrogens (tertiary/aromatic N) is 2. The first kappa shape index (κ1) is 15.1. The van der Waals surface area contributed by atoms with Crippen molar-refractivity contribution in [3.8, 4) is 9.88 Å². The van der Waals surface area contributed by atoms with Crippen LogP contribution in [0.1, 0.15) is 10.5 Å². The van der Waals surface area contributed by atoms with Crippen molar-refractivity contribution in [2.75, 3.05) is 5.43 Å². The molecule has 0 bridgehead atoms. The molecule has 0 aliphatic carbocycles. The van der Waals surface area contributed by atoms with E-state index in [4.69, 9.17) is 0 Å². The smallest absolute Gasteiger partial charge is 0.292 e. The van der Waals surface area contributed by atoms with Crippen LogP contribution < -0.4 is 10.9 Å². The van der Waals surface area contributed by atoms with E-state index < -0.39 is 10.8 Å². The number of carbonyl (C=O) groups is 1. The maximum atomic E-state index is 12.1. The summed E-state index contributed by atoms with van der Waals surface area (Å²) in [6.07, 6.45) is 0. The molecular formula is C14H10N4O3S2. The van der Waals surface area contributed by atoms with Crippen LogP contribution in [0.5, 0.6) is 0 Å². The number of aromatic nitrogens is 1. The zero-order valence-corrected chi connectivity index (χ0v) is 13.2. The van der Waals surface area contributed by atoms with Gasteiger partial charge in [0.05, 0.1) is 9.80 Å². The first-order valence-corrected chi connectivity index (χ1v) is 8.20. The van der Waals surface area contributed by atoms with Crippen molar-refractivity contribution in [2.24, 2.45) is 0 Å². The Hall–Kier alpha value is -2.78. The number of amides is 1. The van der Waals surface area contributed by atoms with Gasteiger partial charge in [-0.1, -0.05) is 18.2 Å². The van der Waals surface area contributed by atoms with Crippen molar-refractivity contribution in [1.82, 2.24) is 10.4 Å². The van der Waals surface area contributed by atoms with Crippen LogP contribution in [0, 0.1) is 10.1 Å². The fourth-order valence-electron chi connectivity index (χ4n) is 1.82. The van der Waals surface area contributed by atoms with Crippen LogP contribution in [0.4, 0.5) is 11.4 Å². The minimum Gasteiger partial charge on any atom is -0.292 e. The van der Waals surface area contributed by atoms with Gasteiger partial charge in [-0.15, -0.1) is 22.7 Å². The standard InChI is InChI=1S/C14H10N4O3S2/c19-13(10-8-23-14(15-10)12-6-3-7-22-12)17-16-9-4-1-2-5-11(9)18(20)21/h1-8,16H,(H,17,19). The number of hydrogen-bond donors (Lipinski definition) is 2. The van der Waals surface area contributed by atoms with E-state index in [0.29, 0.717) is 0 Å². The van der Waals surface area contributed by atoms with Crippen LogP contribution in [0.25, 0.3) is 9.88 Å². The number of hydrazine groups is 1. The summed E-state index contributed by atoms with van der Waals surface area (Å²) in [5.41, 5.74) is 5.33. The molecule has 3 aromatic rings.